The zero-order valence-electron chi connectivity index (χ0n) is 7.63. The summed E-state index contributed by atoms with van der Waals surface area (Å²) in [6, 6.07) is 0. The van der Waals surface area contributed by atoms with E-state index in [0.29, 0.717) is 18.3 Å². The Balaban J connectivity index is 3.63. The molecule has 0 aliphatic heterocycles. The Morgan fingerprint density at radius 2 is 1.91 bits per heavy atom. The van der Waals surface area contributed by atoms with Gasteiger partial charge in [0.2, 0.25) is 0 Å². The lowest BCUT2D eigenvalue weighted by molar-refractivity contribution is -0.138. The van der Waals surface area contributed by atoms with Crippen LogP contribution in [-0.4, -0.2) is 11.1 Å². The minimum absolute atomic E-state index is 0.307. The Bertz CT molecular complexity index is 121. The second-order valence-corrected chi connectivity index (χ2v) is 3.34. The molecule has 0 rings (SSSR count). The van der Waals surface area contributed by atoms with Crippen molar-refractivity contribution in [3.05, 3.63) is 0 Å². The molecule has 0 saturated carbocycles. The molecule has 0 aromatic heterocycles. The van der Waals surface area contributed by atoms with Crippen molar-refractivity contribution >= 4 is 5.97 Å². The third kappa shape index (κ3) is 4.82. The summed E-state index contributed by atoms with van der Waals surface area (Å²) in [5, 5.41) is 8.50. The first-order valence-electron chi connectivity index (χ1n) is 4.29. The molecule has 0 bridgehead atoms. The van der Waals surface area contributed by atoms with E-state index < -0.39 is 5.97 Å². The van der Waals surface area contributed by atoms with E-state index in [0.717, 1.165) is 12.8 Å². The van der Waals surface area contributed by atoms with Gasteiger partial charge in [0.1, 0.15) is 0 Å². The summed E-state index contributed by atoms with van der Waals surface area (Å²) < 4.78 is 0. The van der Waals surface area contributed by atoms with Crippen LogP contribution in [0.2, 0.25) is 0 Å². The third-order valence-electron chi connectivity index (χ3n) is 2.21. The number of aliphatic carboxylic acids is 1. The van der Waals surface area contributed by atoms with Crippen molar-refractivity contribution < 1.29 is 9.90 Å². The summed E-state index contributed by atoms with van der Waals surface area (Å²) in [7, 11) is 0. The highest BCUT2D eigenvalue weighted by molar-refractivity contribution is 5.66. The summed E-state index contributed by atoms with van der Waals surface area (Å²) in [5.41, 5.74) is 0. The van der Waals surface area contributed by atoms with E-state index in [-0.39, 0.29) is 0 Å². The Morgan fingerprint density at radius 1 is 1.36 bits per heavy atom. The molecule has 66 valence electrons. The van der Waals surface area contributed by atoms with Gasteiger partial charge in [0.05, 0.1) is 0 Å². The second kappa shape index (κ2) is 5.16. The fourth-order valence-electron chi connectivity index (χ4n) is 1.22. The van der Waals surface area contributed by atoms with E-state index in [9.17, 15) is 4.79 Å². The maximum Gasteiger partial charge on any atom is 0.303 e. The fourth-order valence-corrected chi connectivity index (χ4v) is 1.22. The lowest BCUT2D eigenvalue weighted by atomic mass is 9.89. The summed E-state index contributed by atoms with van der Waals surface area (Å²) in [4.78, 5) is 10.3. The zero-order chi connectivity index (χ0) is 8.85. The quantitative estimate of drug-likeness (QED) is 0.667. The Labute approximate surface area is 68.6 Å². The van der Waals surface area contributed by atoms with Gasteiger partial charge in [0.15, 0.2) is 0 Å². The molecule has 2 nitrogen and oxygen atoms in total. The van der Waals surface area contributed by atoms with Gasteiger partial charge >= 0.3 is 5.97 Å². The standard InChI is InChI=1S/C9H18O2/c1-4-5-7(2)8(3)6-9(10)11/h7-8H,4-6H2,1-3H3,(H,10,11). The van der Waals surface area contributed by atoms with E-state index in [4.69, 9.17) is 5.11 Å². The van der Waals surface area contributed by atoms with Gasteiger partial charge in [0, 0.05) is 6.42 Å². The van der Waals surface area contributed by atoms with Gasteiger partial charge in [-0.25, -0.2) is 0 Å². The molecule has 0 aromatic rings. The van der Waals surface area contributed by atoms with Crippen molar-refractivity contribution in [3.8, 4) is 0 Å². The zero-order valence-corrected chi connectivity index (χ0v) is 7.63. The Hall–Kier alpha value is -0.530. The van der Waals surface area contributed by atoms with Crippen molar-refractivity contribution in [2.45, 2.75) is 40.0 Å². The first-order chi connectivity index (χ1) is 5.07. The predicted octanol–water partition coefficient (Wildman–Crippen LogP) is 2.53. The average molecular weight is 158 g/mol. The normalized spacial score (nSPS) is 15.9. The number of hydrogen-bond acceptors (Lipinski definition) is 1. The SMILES string of the molecule is CCCC(C)C(C)CC(=O)O. The predicted molar refractivity (Wildman–Crippen MR) is 45.5 cm³/mol. The lowest BCUT2D eigenvalue weighted by Gasteiger charge is -2.16. The van der Waals surface area contributed by atoms with E-state index in [2.05, 4.69) is 13.8 Å². The molecular weight excluding hydrogens is 140 g/mol. The molecule has 0 amide bonds. The van der Waals surface area contributed by atoms with E-state index in [1.165, 1.54) is 0 Å². The van der Waals surface area contributed by atoms with Crippen LogP contribution in [0.1, 0.15) is 40.0 Å². The highest BCUT2D eigenvalue weighted by Gasteiger charge is 2.13. The molecule has 0 aliphatic carbocycles. The molecule has 2 unspecified atom stereocenters. The van der Waals surface area contributed by atoms with Crippen LogP contribution >= 0.6 is 0 Å². The van der Waals surface area contributed by atoms with Gasteiger partial charge in [0.25, 0.3) is 0 Å². The summed E-state index contributed by atoms with van der Waals surface area (Å²) >= 11 is 0. The van der Waals surface area contributed by atoms with Crippen LogP contribution in [0.25, 0.3) is 0 Å². The third-order valence-corrected chi connectivity index (χ3v) is 2.21. The van der Waals surface area contributed by atoms with Crippen molar-refractivity contribution in [1.82, 2.24) is 0 Å². The van der Waals surface area contributed by atoms with Crippen molar-refractivity contribution in [2.24, 2.45) is 11.8 Å². The van der Waals surface area contributed by atoms with Crippen molar-refractivity contribution in [3.63, 3.8) is 0 Å². The first-order valence-corrected chi connectivity index (χ1v) is 4.29. The van der Waals surface area contributed by atoms with Crippen molar-refractivity contribution in [2.75, 3.05) is 0 Å². The summed E-state index contributed by atoms with van der Waals surface area (Å²) in [5.74, 6) is 0.170. The van der Waals surface area contributed by atoms with Crippen LogP contribution in [0, 0.1) is 11.8 Å². The average Bonchev–Trinajstić information content (AvgIpc) is 1.86. The van der Waals surface area contributed by atoms with Crippen LogP contribution in [-0.2, 0) is 4.79 Å². The lowest BCUT2D eigenvalue weighted by Crippen LogP contribution is -2.12. The number of hydrogen-bond donors (Lipinski definition) is 1. The van der Waals surface area contributed by atoms with Gasteiger partial charge in [-0.2, -0.15) is 0 Å². The van der Waals surface area contributed by atoms with Gasteiger partial charge in [-0.15, -0.1) is 0 Å². The van der Waals surface area contributed by atoms with Crippen LogP contribution < -0.4 is 0 Å². The van der Waals surface area contributed by atoms with Crippen molar-refractivity contribution in [1.29, 1.82) is 0 Å². The van der Waals surface area contributed by atoms with Crippen LogP contribution in [0.15, 0.2) is 0 Å². The molecule has 0 radical (unpaired) electrons. The molecule has 2 heteroatoms. The van der Waals surface area contributed by atoms with E-state index in [1.807, 2.05) is 6.92 Å². The summed E-state index contributed by atoms with van der Waals surface area (Å²) in [6.07, 6.45) is 2.58. The molecule has 1 N–H and O–H groups in total. The number of carboxylic acids is 1. The maximum atomic E-state index is 10.3. The number of carbonyl (C=O) groups is 1. The summed E-state index contributed by atoms with van der Waals surface area (Å²) in [6.45, 7) is 6.26. The van der Waals surface area contributed by atoms with Gasteiger partial charge < -0.3 is 5.11 Å². The molecule has 0 saturated heterocycles. The number of rotatable bonds is 5. The van der Waals surface area contributed by atoms with Crippen LogP contribution in [0.4, 0.5) is 0 Å². The molecule has 0 aliphatic rings. The van der Waals surface area contributed by atoms with E-state index >= 15 is 0 Å². The number of carboxylic acid groups (broad SMARTS) is 1. The van der Waals surface area contributed by atoms with Gasteiger partial charge in [-0.1, -0.05) is 33.6 Å². The topological polar surface area (TPSA) is 37.3 Å². The van der Waals surface area contributed by atoms with E-state index in [1.54, 1.807) is 0 Å². The molecule has 0 spiro atoms. The fraction of sp³-hybridized carbons (Fsp3) is 0.889. The molecule has 0 fully saturated rings. The molecule has 0 aromatic carbocycles. The molecule has 11 heavy (non-hydrogen) atoms. The highest BCUT2D eigenvalue weighted by atomic mass is 16.4. The Morgan fingerprint density at radius 3 is 2.27 bits per heavy atom. The van der Waals surface area contributed by atoms with Gasteiger partial charge in [-0.05, 0) is 11.8 Å². The van der Waals surface area contributed by atoms with Gasteiger partial charge in [-0.3, -0.25) is 4.79 Å². The van der Waals surface area contributed by atoms with Crippen LogP contribution in [0.5, 0.6) is 0 Å². The monoisotopic (exact) mass is 158 g/mol. The minimum Gasteiger partial charge on any atom is -0.481 e. The molecule has 2 atom stereocenters. The molecular formula is C9H18O2. The largest absolute Gasteiger partial charge is 0.481 e. The smallest absolute Gasteiger partial charge is 0.303 e. The Kier molecular flexibility index (Phi) is 4.92. The van der Waals surface area contributed by atoms with Crippen LogP contribution in [0.3, 0.4) is 0 Å². The highest BCUT2D eigenvalue weighted by Crippen LogP contribution is 2.19. The first kappa shape index (κ1) is 10.5. The molecule has 0 heterocycles. The minimum atomic E-state index is -0.680. The second-order valence-electron chi connectivity index (χ2n) is 3.34. The maximum absolute atomic E-state index is 10.3.